The zero-order chi connectivity index (χ0) is 18.5. The fourth-order valence-corrected chi connectivity index (χ4v) is 4.25. The van der Waals surface area contributed by atoms with Crippen LogP contribution in [0.5, 0.6) is 5.75 Å². The average molecular weight is 359 g/mol. The van der Waals surface area contributed by atoms with Gasteiger partial charge in [-0.3, -0.25) is 14.5 Å². The molecule has 2 saturated heterocycles. The number of nitrogens with two attached hydrogens (primary N) is 1. The maximum atomic E-state index is 13.3. The molecule has 2 aliphatic rings. The Morgan fingerprint density at radius 3 is 2.81 bits per heavy atom. The minimum absolute atomic E-state index is 0.0469. The first-order valence-corrected chi connectivity index (χ1v) is 9.53. The van der Waals surface area contributed by atoms with E-state index in [9.17, 15) is 9.59 Å². The molecule has 2 amide bonds. The zero-order valence-corrected chi connectivity index (χ0v) is 15.5. The lowest BCUT2D eigenvalue weighted by atomic mass is 9.91. The molecule has 0 aliphatic carbocycles. The lowest BCUT2D eigenvalue weighted by molar-refractivity contribution is -0.142. The molecule has 0 bridgehead atoms. The van der Waals surface area contributed by atoms with Crippen molar-refractivity contribution in [2.75, 3.05) is 33.3 Å². The number of likely N-dealkylation sites (tertiary alicyclic amines) is 2. The highest BCUT2D eigenvalue weighted by molar-refractivity contribution is 5.80. The molecule has 142 valence electrons. The molecule has 2 unspecified atom stereocenters. The Labute approximate surface area is 155 Å². The Morgan fingerprint density at radius 1 is 1.19 bits per heavy atom. The number of methoxy groups -OCH3 is 1. The first-order chi connectivity index (χ1) is 12.6. The van der Waals surface area contributed by atoms with E-state index in [0.717, 1.165) is 56.5 Å². The first-order valence-electron chi connectivity index (χ1n) is 9.53. The van der Waals surface area contributed by atoms with Crippen molar-refractivity contribution >= 4 is 11.8 Å². The van der Waals surface area contributed by atoms with Gasteiger partial charge in [-0.05, 0) is 56.3 Å². The van der Waals surface area contributed by atoms with E-state index in [1.165, 1.54) is 0 Å². The summed E-state index contributed by atoms with van der Waals surface area (Å²) in [6.45, 7) is 2.51. The number of carbonyl (C=O) groups is 2. The molecular weight excluding hydrogens is 330 g/mol. The highest BCUT2D eigenvalue weighted by Crippen LogP contribution is 2.34. The lowest BCUT2D eigenvalue weighted by Crippen LogP contribution is -2.48. The predicted octanol–water partition coefficient (Wildman–Crippen LogP) is 1.95. The summed E-state index contributed by atoms with van der Waals surface area (Å²) >= 11 is 0. The molecule has 6 nitrogen and oxygen atoms in total. The molecule has 0 spiro atoms. The lowest BCUT2D eigenvalue weighted by Gasteiger charge is -2.40. The number of nitrogens with zero attached hydrogens (tertiary/aromatic N) is 2. The highest BCUT2D eigenvalue weighted by Gasteiger charge is 2.34. The van der Waals surface area contributed by atoms with Crippen LogP contribution in [0.1, 0.15) is 43.7 Å². The smallest absolute Gasteiger partial charge is 0.231 e. The van der Waals surface area contributed by atoms with E-state index in [1.807, 2.05) is 23.1 Å². The molecule has 0 aromatic heterocycles. The molecule has 1 aromatic rings. The van der Waals surface area contributed by atoms with Crippen molar-refractivity contribution in [2.45, 2.75) is 38.1 Å². The normalized spacial score (nSPS) is 24.3. The molecule has 0 radical (unpaired) electrons. The van der Waals surface area contributed by atoms with Gasteiger partial charge in [0, 0.05) is 13.1 Å². The molecule has 2 fully saturated rings. The van der Waals surface area contributed by atoms with Crippen LogP contribution < -0.4 is 10.5 Å². The molecule has 26 heavy (non-hydrogen) atoms. The van der Waals surface area contributed by atoms with Crippen molar-refractivity contribution in [2.24, 2.45) is 11.7 Å². The third-order valence-electron chi connectivity index (χ3n) is 5.50. The zero-order valence-electron chi connectivity index (χ0n) is 15.5. The largest absolute Gasteiger partial charge is 0.497 e. The van der Waals surface area contributed by atoms with Gasteiger partial charge in [-0.15, -0.1) is 0 Å². The Hall–Kier alpha value is -2.08. The molecule has 1 aromatic carbocycles. The third kappa shape index (κ3) is 4.36. The summed E-state index contributed by atoms with van der Waals surface area (Å²) in [5, 5.41) is 0. The SMILES string of the molecule is COc1cccc(C2CCCCN2C(=O)C2CCCN(CC(N)=O)C2)c1. The van der Waals surface area contributed by atoms with Crippen molar-refractivity contribution < 1.29 is 14.3 Å². The first kappa shape index (κ1) is 18.7. The van der Waals surface area contributed by atoms with Crippen molar-refractivity contribution in [1.82, 2.24) is 9.80 Å². The summed E-state index contributed by atoms with van der Waals surface area (Å²) in [7, 11) is 1.66. The van der Waals surface area contributed by atoms with Crippen molar-refractivity contribution in [3.63, 3.8) is 0 Å². The number of primary amides is 1. The summed E-state index contributed by atoms with van der Waals surface area (Å²) in [4.78, 5) is 28.6. The van der Waals surface area contributed by atoms with Gasteiger partial charge in [0.2, 0.25) is 11.8 Å². The third-order valence-corrected chi connectivity index (χ3v) is 5.50. The van der Waals surface area contributed by atoms with Gasteiger partial charge in [0.15, 0.2) is 0 Å². The van der Waals surface area contributed by atoms with Crippen LogP contribution in [0.3, 0.4) is 0 Å². The summed E-state index contributed by atoms with van der Waals surface area (Å²) in [6, 6.07) is 8.15. The fraction of sp³-hybridized carbons (Fsp3) is 0.600. The monoisotopic (exact) mass is 359 g/mol. The minimum Gasteiger partial charge on any atom is -0.497 e. The molecule has 3 rings (SSSR count). The van der Waals surface area contributed by atoms with Crippen LogP contribution in [0.2, 0.25) is 0 Å². The summed E-state index contributed by atoms with van der Waals surface area (Å²) in [5.41, 5.74) is 6.47. The second-order valence-corrected chi connectivity index (χ2v) is 7.36. The average Bonchev–Trinajstić information content (AvgIpc) is 2.67. The van der Waals surface area contributed by atoms with Crippen LogP contribution in [0.4, 0.5) is 0 Å². The van der Waals surface area contributed by atoms with Gasteiger partial charge in [-0.25, -0.2) is 0 Å². The molecule has 2 atom stereocenters. The van der Waals surface area contributed by atoms with Crippen LogP contribution in [0.25, 0.3) is 0 Å². The van der Waals surface area contributed by atoms with E-state index < -0.39 is 0 Å². The number of amides is 2. The van der Waals surface area contributed by atoms with E-state index in [1.54, 1.807) is 7.11 Å². The molecule has 2 heterocycles. The van der Waals surface area contributed by atoms with Crippen LogP contribution in [0.15, 0.2) is 24.3 Å². The number of benzene rings is 1. The number of hydrogen-bond acceptors (Lipinski definition) is 4. The van der Waals surface area contributed by atoms with Gasteiger partial charge in [0.25, 0.3) is 0 Å². The standard InChI is InChI=1S/C20H29N3O3/c1-26-17-8-4-6-15(12-17)18-9-2-3-11-23(18)20(25)16-7-5-10-22(13-16)14-19(21)24/h4,6,8,12,16,18H,2-3,5,7,9-11,13-14H2,1H3,(H2,21,24). The Bertz CT molecular complexity index is 649. The quantitative estimate of drug-likeness (QED) is 0.872. The van der Waals surface area contributed by atoms with Crippen molar-refractivity contribution in [3.05, 3.63) is 29.8 Å². The number of ether oxygens (including phenoxy) is 1. The van der Waals surface area contributed by atoms with Gasteiger partial charge >= 0.3 is 0 Å². The van der Waals surface area contributed by atoms with Crippen LogP contribution in [-0.2, 0) is 9.59 Å². The van der Waals surface area contributed by atoms with Crippen molar-refractivity contribution in [3.8, 4) is 5.75 Å². The van der Waals surface area contributed by atoms with Crippen molar-refractivity contribution in [1.29, 1.82) is 0 Å². The number of rotatable bonds is 5. The molecule has 2 aliphatic heterocycles. The Kier molecular flexibility index (Phi) is 6.14. The molecule has 6 heteroatoms. The summed E-state index contributed by atoms with van der Waals surface area (Å²) in [6.07, 6.45) is 4.97. The van der Waals surface area contributed by atoms with Gasteiger partial charge in [0.05, 0.1) is 25.6 Å². The van der Waals surface area contributed by atoms with Gasteiger partial charge in [0.1, 0.15) is 5.75 Å². The minimum atomic E-state index is -0.328. The summed E-state index contributed by atoms with van der Waals surface area (Å²) < 4.78 is 5.35. The Morgan fingerprint density at radius 2 is 2.04 bits per heavy atom. The van der Waals surface area contributed by atoms with Crippen LogP contribution in [-0.4, -0.2) is 54.9 Å². The summed E-state index contributed by atoms with van der Waals surface area (Å²) in [5.74, 6) is 0.664. The highest BCUT2D eigenvalue weighted by atomic mass is 16.5. The van der Waals surface area contributed by atoms with Gasteiger partial charge in [-0.2, -0.15) is 0 Å². The van der Waals surface area contributed by atoms with Crippen LogP contribution in [0, 0.1) is 5.92 Å². The van der Waals surface area contributed by atoms with E-state index in [-0.39, 0.29) is 30.3 Å². The number of piperidine rings is 2. The van der Waals surface area contributed by atoms with E-state index in [0.29, 0.717) is 6.54 Å². The van der Waals surface area contributed by atoms with Gasteiger partial charge < -0.3 is 15.4 Å². The maximum absolute atomic E-state index is 13.3. The number of hydrogen-bond donors (Lipinski definition) is 1. The second-order valence-electron chi connectivity index (χ2n) is 7.36. The van der Waals surface area contributed by atoms with E-state index in [4.69, 9.17) is 10.5 Å². The Balaban J connectivity index is 1.74. The predicted molar refractivity (Wildman–Crippen MR) is 99.7 cm³/mol. The number of carbonyl (C=O) groups excluding carboxylic acids is 2. The fourth-order valence-electron chi connectivity index (χ4n) is 4.25. The topological polar surface area (TPSA) is 75.9 Å². The molecular formula is C20H29N3O3. The van der Waals surface area contributed by atoms with Crippen LogP contribution >= 0.6 is 0 Å². The molecule has 0 saturated carbocycles. The van der Waals surface area contributed by atoms with E-state index >= 15 is 0 Å². The second kappa shape index (κ2) is 8.54. The van der Waals surface area contributed by atoms with Gasteiger partial charge in [-0.1, -0.05) is 12.1 Å². The molecule has 2 N–H and O–H groups in total. The van der Waals surface area contributed by atoms with E-state index in [2.05, 4.69) is 11.0 Å². The maximum Gasteiger partial charge on any atom is 0.231 e.